The summed E-state index contributed by atoms with van der Waals surface area (Å²) in [5.74, 6) is -1.10. The zero-order valence-corrected chi connectivity index (χ0v) is 24.8. The van der Waals surface area contributed by atoms with Crippen LogP contribution in [0.5, 0.6) is 5.75 Å². The van der Waals surface area contributed by atoms with Gasteiger partial charge in [-0.05, 0) is 48.9 Å². The minimum atomic E-state index is -4.12. The lowest BCUT2D eigenvalue weighted by Crippen LogP contribution is -2.49. The van der Waals surface area contributed by atoms with Crippen LogP contribution in [0.15, 0.2) is 71.9 Å². The summed E-state index contributed by atoms with van der Waals surface area (Å²) in [5.41, 5.74) is 1.12. The van der Waals surface area contributed by atoms with Crippen molar-refractivity contribution in [2.24, 2.45) is 5.92 Å². The first kappa shape index (κ1) is 30.9. The summed E-state index contributed by atoms with van der Waals surface area (Å²) < 4.78 is 53.8. The van der Waals surface area contributed by atoms with Crippen LogP contribution in [-0.2, 0) is 26.0 Å². The van der Waals surface area contributed by atoms with Crippen molar-refractivity contribution in [2.75, 3.05) is 38.6 Å². The van der Waals surface area contributed by atoms with E-state index in [9.17, 15) is 22.4 Å². The van der Waals surface area contributed by atoms with E-state index in [-0.39, 0.29) is 65.3 Å². The van der Waals surface area contributed by atoms with Crippen LogP contribution in [0.25, 0.3) is 0 Å². The highest BCUT2D eigenvalue weighted by molar-refractivity contribution is 7.92. The second-order valence-corrected chi connectivity index (χ2v) is 12.1. The van der Waals surface area contributed by atoms with E-state index in [1.165, 1.54) is 35.2 Å². The van der Waals surface area contributed by atoms with Gasteiger partial charge in [0.15, 0.2) is 0 Å². The van der Waals surface area contributed by atoms with Crippen molar-refractivity contribution >= 4 is 27.5 Å². The van der Waals surface area contributed by atoms with Gasteiger partial charge in [-0.2, -0.15) is 0 Å². The first-order valence-corrected chi connectivity index (χ1v) is 15.0. The lowest BCUT2D eigenvalue weighted by Gasteiger charge is -2.36. The lowest BCUT2D eigenvalue weighted by atomic mass is 10.0. The smallest absolute Gasteiger partial charge is 0.261 e. The fourth-order valence-electron chi connectivity index (χ4n) is 4.81. The van der Waals surface area contributed by atoms with E-state index in [0.29, 0.717) is 6.54 Å². The number of hydrogen-bond donors (Lipinski definition) is 1. The second kappa shape index (κ2) is 13.3. The number of rotatable bonds is 6. The number of likely N-dealkylation sites (N-methyl/N-ethyl adjacent to an activating group) is 1. The number of aromatic nitrogens is 1. The number of halogens is 1. The van der Waals surface area contributed by atoms with E-state index in [2.05, 4.69) is 9.71 Å². The van der Waals surface area contributed by atoms with Crippen LogP contribution in [0.3, 0.4) is 0 Å². The minimum absolute atomic E-state index is 0.0350. The highest BCUT2D eigenvalue weighted by Gasteiger charge is 2.30. The van der Waals surface area contributed by atoms with Crippen LogP contribution in [0.2, 0.25) is 0 Å². The van der Waals surface area contributed by atoms with Gasteiger partial charge in [-0.15, -0.1) is 0 Å². The van der Waals surface area contributed by atoms with Crippen molar-refractivity contribution in [3.05, 3.63) is 83.9 Å². The Morgan fingerprint density at radius 1 is 1.14 bits per heavy atom. The van der Waals surface area contributed by atoms with Gasteiger partial charge in [0, 0.05) is 51.6 Å². The largest absolute Gasteiger partial charge is 0.491 e. The van der Waals surface area contributed by atoms with Gasteiger partial charge in [-0.1, -0.05) is 19.1 Å². The maximum absolute atomic E-state index is 13.7. The average Bonchev–Trinajstić information content (AvgIpc) is 2.96. The Morgan fingerprint density at radius 2 is 1.93 bits per heavy atom. The standard InChI is InChI=1S/C30H35FN4O6S/c1-20-17-35(29(36)13-22-7-6-12-32-16-22)21(2)19-41-27-15-24(33-42(38,39)25-9-5-8-23(31)14-25)10-11-26(27)30(37)34(3)18-28(20)40-4/h5-12,14-16,20-21,28,33H,13,17-19H2,1-4H3/t20-,21-,28+/m1/s1. The lowest BCUT2D eigenvalue weighted by molar-refractivity contribution is -0.134. The SMILES string of the molecule is CO[C@H]1CN(C)C(=O)c2ccc(NS(=O)(=O)c3cccc(F)c3)cc2OC[C@@H](C)N(C(=O)Cc2cccnc2)C[C@H]1C. The maximum atomic E-state index is 13.7. The molecular formula is C30H35FN4O6S. The first-order valence-electron chi connectivity index (χ1n) is 13.5. The number of pyridine rings is 1. The molecule has 1 aliphatic rings. The molecule has 0 saturated heterocycles. The van der Waals surface area contributed by atoms with E-state index >= 15 is 0 Å². The van der Waals surface area contributed by atoms with Crippen molar-refractivity contribution < 1.29 is 31.9 Å². The molecule has 0 aliphatic carbocycles. The molecule has 0 fully saturated rings. The minimum Gasteiger partial charge on any atom is -0.491 e. The van der Waals surface area contributed by atoms with Gasteiger partial charge in [-0.25, -0.2) is 12.8 Å². The Hall–Kier alpha value is -4.03. The number of fused-ring (bicyclic) bond motifs is 1. The average molecular weight is 599 g/mol. The van der Waals surface area contributed by atoms with E-state index in [1.54, 1.807) is 37.5 Å². The predicted molar refractivity (Wildman–Crippen MR) is 155 cm³/mol. The number of benzene rings is 2. The quantitative estimate of drug-likeness (QED) is 0.461. The first-order chi connectivity index (χ1) is 20.0. The van der Waals surface area contributed by atoms with Crippen LogP contribution in [0, 0.1) is 11.7 Å². The van der Waals surface area contributed by atoms with E-state index in [4.69, 9.17) is 9.47 Å². The molecule has 2 amide bonds. The number of nitrogens with one attached hydrogen (secondary N) is 1. The van der Waals surface area contributed by atoms with E-state index in [1.807, 2.05) is 19.9 Å². The van der Waals surface area contributed by atoms with Crippen LogP contribution in [0.4, 0.5) is 10.1 Å². The molecular weight excluding hydrogens is 563 g/mol. The summed E-state index contributed by atoms with van der Waals surface area (Å²) in [6.45, 7) is 4.48. The molecule has 0 spiro atoms. The molecule has 1 aromatic heterocycles. The summed E-state index contributed by atoms with van der Waals surface area (Å²) in [6.07, 6.45) is 3.10. The Bertz CT molecular complexity index is 1520. The molecule has 0 unspecified atom stereocenters. The molecule has 10 nitrogen and oxygen atoms in total. The molecule has 2 aromatic carbocycles. The van der Waals surface area contributed by atoms with Gasteiger partial charge in [0.05, 0.1) is 34.7 Å². The van der Waals surface area contributed by atoms with Crippen molar-refractivity contribution in [3.8, 4) is 5.75 Å². The highest BCUT2D eigenvalue weighted by Crippen LogP contribution is 2.28. The molecule has 1 N–H and O–H groups in total. The number of anilines is 1. The summed E-state index contributed by atoms with van der Waals surface area (Å²) in [4.78, 5) is 34.1. The summed E-state index contributed by atoms with van der Waals surface area (Å²) in [7, 11) is -0.901. The van der Waals surface area contributed by atoms with Gasteiger partial charge >= 0.3 is 0 Å². The van der Waals surface area contributed by atoms with Crippen molar-refractivity contribution in [2.45, 2.75) is 37.3 Å². The van der Waals surface area contributed by atoms with Crippen LogP contribution in [0.1, 0.15) is 29.8 Å². The Balaban J connectivity index is 1.66. The molecule has 1 aliphatic heterocycles. The fraction of sp³-hybridized carbons (Fsp3) is 0.367. The molecule has 4 rings (SSSR count). The Morgan fingerprint density at radius 3 is 2.62 bits per heavy atom. The third kappa shape index (κ3) is 7.42. The normalized spacial score (nSPS) is 20.1. The Labute approximate surface area is 245 Å². The van der Waals surface area contributed by atoms with E-state index in [0.717, 1.165) is 17.7 Å². The van der Waals surface area contributed by atoms with Gasteiger partial charge in [0.1, 0.15) is 18.2 Å². The number of amides is 2. The molecule has 42 heavy (non-hydrogen) atoms. The van der Waals surface area contributed by atoms with Gasteiger partial charge in [0.25, 0.3) is 15.9 Å². The monoisotopic (exact) mass is 598 g/mol. The van der Waals surface area contributed by atoms with Crippen molar-refractivity contribution in [1.82, 2.24) is 14.8 Å². The Kier molecular flexibility index (Phi) is 9.79. The molecule has 0 radical (unpaired) electrons. The second-order valence-electron chi connectivity index (χ2n) is 10.5. The van der Waals surface area contributed by atoms with Crippen molar-refractivity contribution in [1.29, 1.82) is 0 Å². The van der Waals surface area contributed by atoms with Crippen LogP contribution < -0.4 is 9.46 Å². The molecule has 2 heterocycles. The number of ether oxygens (including phenoxy) is 2. The number of carbonyl (C=O) groups excluding carboxylic acids is 2. The van der Waals surface area contributed by atoms with E-state index < -0.39 is 21.9 Å². The van der Waals surface area contributed by atoms with Gasteiger partial charge < -0.3 is 19.3 Å². The number of carbonyl (C=O) groups is 2. The number of nitrogens with zero attached hydrogens (tertiary/aromatic N) is 3. The molecule has 3 atom stereocenters. The summed E-state index contributed by atoms with van der Waals surface area (Å²) >= 11 is 0. The summed E-state index contributed by atoms with van der Waals surface area (Å²) in [6, 6.07) is 12.2. The topological polar surface area (TPSA) is 118 Å². The molecule has 12 heteroatoms. The molecule has 0 bridgehead atoms. The zero-order valence-electron chi connectivity index (χ0n) is 24.0. The van der Waals surface area contributed by atoms with Crippen LogP contribution in [-0.4, -0.2) is 81.0 Å². The number of sulfonamides is 1. The van der Waals surface area contributed by atoms with Crippen LogP contribution >= 0.6 is 0 Å². The van der Waals surface area contributed by atoms with Gasteiger partial charge in [0.2, 0.25) is 5.91 Å². The number of hydrogen-bond acceptors (Lipinski definition) is 7. The van der Waals surface area contributed by atoms with Crippen molar-refractivity contribution in [3.63, 3.8) is 0 Å². The summed E-state index contributed by atoms with van der Waals surface area (Å²) in [5, 5.41) is 0. The van der Waals surface area contributed by atoms with Gasteiger partial charge in [-0.3, -0.25) is 19.3 Å². The maximum Gasteiger partial charge on any atom is 0.261 e. The third-order valence-electron chi connectivity index (χ3n) is 7.20. The predicted octanol–water partition coefficient (Wildman–Crippen LogP) is 3.60. The number of methoxy groups -OCH3 is 1. The molecule has 3 aromatic rings. The molecule has 0 saturated carbocycles. The highest BCUT2D eigenvalue weighted by atomic mass is 32.2. The molecule has 224 valence electrons. The third-order valence-corrected chi connectivity index (χ3v) is 8.58. The fourth-order valence-corrected chi connectivity index (χ4v) is 5.89. The zero-order chi connectivity index (χ0) is 30.4.